The lowest BCUT2D eigenvalue weighted by Gasteiger charge is -2.09. The van der Waals surface area contributed by atoms with Crippen LogP contribution in [0.2, 0.25) is 0 Å². The van der Waals surface area contributed by atoms with E-state index in [2.05, 4.69) is 24.5 Å². The number of ether oxygens (including phenoxy) is 1. The minimum Gasteiger partial charge on any atom is -0.463 e. The highest BCUT2D eigenvalue weighted by Crippen LogP contribution is 2.21. The summed E-state index contributed by atoms with van der Waals surface area (Å²) in [6.45, 7) is 7.23. The van der Waals surface area contributed by atoms with Crippen LogP contribution >= 0.6 is 0 Å². The van der Waals surface area contributed by atoms with Crippen LogP contribution in [0.15, 0.2) is 41.0 Å². The number of amides is 1. The highest BCUT2D eigenvalue weighted by molar-refractivity contribution is 6.05. The first-order valence-electron chi connectivity index (χ1n) is 7.38. The molecule has 5 heteroatoms. The van der Waals surface area contributed by atoms with Crippen molar-refractivity contribution < 1.29 is 13.9 Å². The molecule has 0 atom stereocenters. The van der Waals surface area contributed by atoms with Crippen LogP contribution in [0.4, 0.5) is 5.69 Å². The Labute approximate surface area is 130 Å². The van der Waals surface area contributed by atoms with Gasteiger partial charge in [-0.25, -0.2) is 0 Å². The number of hydrogen-bond donors (Lipinski definition) is 2. The van der Waals surface area contributed by atoms with E-state index in [4.69, 9.17) is 9.15 Å². The lowest BCUT2D eigenvalue weighted by atomic mass is 10.2. The molecule has 2 N–H and O–H groups in total. The second kappa shape index (κ2) is 7.66. The summed E-state index contributed by atoms with van der Waals surface area (Å²) in [5.41, 5.74) is 2.23. The van der Waals surface area contributed by atoms with E-state index in [1.54, 1.807) is 6.07 Å². The van der Waals surface area contributed by atoms with E-state index in [1.807, 2.05) is 31.2 Å². The number of carbonyl (C=O) groups is 1. The Balaban J connectivity index is 1.94. The Bertz CT molecular complexity index is 620. The average molecular weight is 302 g/mol. The van der Waals surface area contributed by atoms with Gasteiger partial charge in [0.05, 0.1) is 6.26 Å². The first kappa shape index (κ1) is 16.1. The molecule has 0 aliphatic rings. The molecule has 0 saturated heterocycles. The van der Waals surface area contributed by atoms with E-state index in [-0.39, 0.29) is 11.9 Å². The van der Waals surface area contributed by atoms with Gasteiger partial charge in [0.25, 0.3) is 11.9 Å². The third-order valence-electron chi connectivity index (χ3n) is 3.04. The number of nitrogens with one attached hydrogen (secondary N) is 2. The van der Waals surface area contributed by atoms with Crippen molar-refractivity contribution in [2.75, 3.05) is 18.5 Å². The molecule has 0 radical (unpaired) electrons. The first-order chi connectivity index (χ1) is 10.6. The molecular weight excluding hydrogens is 280 g/mol. The monoisotopic (exact) mass is 302 g/mol. The highest BCUT2D eigenvalue weighted by Gasteiger charge is 2.16. The standard InChI is InChI=1S/C17H22N2O3/c1-12(2)18-8-10-22-17-15(7-9-21-17)16(20)19-14-6-4-5-13(3)11-14/h4-7,9,11-12,18H,8,10H2,1-3H3,(H,19,20). The molecule has 0 unspecified atom stereocenters. The summed E-state index contributed by atoms with van der Waals surface area (Å²) < 4.78 is 10.8. The van der Waals surface area contributed by atoms with Gasteiger partial charge in [-0.2, -0.15) is 0 Å². The minimum atomic E-state index is -0.244. The number of carbonyl (C=O) groups excluding carboxylic acids is 1. The number of hydrogen-bond acceptors (Lipinski definition) is 4. The van der Waals surface area contributed by atoms with Gasteiger partial charge in [-0.1, -0.05) is 26.0 Å². The van der Waals surface area contributed by atoms with Crippen molar-refractivity contribution in [1.82, 2.24) is 5.32 Å². The molecule has 0 fully saturated rings. The predicted octanol–water partition coefficient (Wildman–Crippen LogP) is 3.22. The summed E-state index contributed by atoms with van der Waals surface area (Å²) in [6.07, 6.45) is 1.45. The molecule has 0 spiro atoms. The summed E-state index contributed by atoms with van der Waals surface area (Å²) in [6, 6.07) is 9.63. The summed E-state index contributed by atoms with van der Waals surface area (Å²) in [5, 5.41) is 6.08. The predicted molar refractivity (Wildman–Crippen MR) is 86.5 cm³/mol. The summed E-state index contributed by atoms with van der Waals surface area (Å²) in [5.74, 6) is 0.00174. The molecule has 0 saturated carbocycles. The van der Waals surface area contributed by atoms with Crippen LogP contribution in [0.5, 0.6) is 5.95 Å². The minimum absolute atomic E-state index is 0.244. The summed E-state index contributed by atoms with van der Waals surface area (Å²) >= 11 is 0. The van der Waals surface area contributed by atoms with Crippen molar-refractivity contribution >= 4 is 11.6 Å². The Hall–Kier alpha value is -2.27. The van der Waals surface area contributed by atoms with Gasteiger partial charge in [0.2, 0.25) is 0 Å². The molecule has 0 bridgehead atoms. The smallest absolute Gasteiger partial charge is 0.297 e. The van der Waals surface area contributed by atoms with Crippen LogP contribution in [-0.4, -0.2) is 25.1 Å². The zero-order valence-electron chi connectivity index (χ0n) is 13.2. The van der Waals surface area contributed by atoms with Crippen molar-refractivity contribution in [3.05, 3.63) is 47.7 Å². The van der Waals surface area contributed by atoms with Gasteiger partial charge in [0, 0.05) is 18.3 Å². The van der Waals surface area contributed by atoms with Crippen molar-refractivity contribution in [1.29, 1.82) is 0 Å². The van der Waals surface area contributed by atoms with E-state index in [0.717, 1.165) is 11.3 Å². The Morgan fingerprint density at radius 2 is 2.14 bits per heavy atom. The topological polar surface area (TPSA) is 63.5 Å². The zero-order chi connectivity index (χ0) is 15.9. The van der Waals surface area contributed by atoms with Crippen LogP contribution in [0.1, 0.15) is 29.8 Å². The largest absolute Gasteiger partial charge is 0.463 e. The zero-order valence-corrected chi connectivity index (χ0v) is 13.2. The van der Waals surface area contributed by atoms with E-state index in [1.165, 1.54) is 6.26 Å². The fourth-order valence-corrected chi connectivity index (χ4v) is 1.99. The molecule has 1 aromatic heterocycles. The van der Waals surface area contributed by atoms with E-state index < -0.39 is 0 Å². The van der Waals surface area contributed by atoms with Crippen LogP contribution in [0, 0.1) is 6.92 Å². The second-order valence-electron chi connectivity index (χ2n) is 5.40. The molecule has 0 aliphatic heterocycles. The third-order valence-corrected chi connectivity index (χ3v) is 3.04. The first-order valence-corrected chi connectivity index (χ1v) is 7.38. The van der Waals surface area contributed by atoms with Crippen molar-refractivity contribution in [2.45, 2.75) is 26.8 Å². The van der Waals surface area contributed by atoms with Crippen LogP contribution < -0.4 is 15.4 Å². The Kier molecular flexibility index (Phi) is 5.61. The fourth-order valence-electron chi connectivity index (χ4n) is 1.99. The molecule has 1 heterocycles. The normalized spacial score (nSPS) is 10.7. The number of furan rings is 1. The second-order valence-corrected chi connectivity index (χ2v) is 5.40. The van der Waals surface area contributed by atoms with E-state index >= 15 is 0 Å². The van der Waals surface area contributed by atoms with Crippen LogP contribution in [-0.2, 0) is 0 Å². The molecule has 1 aromatic carbocycles. The third kappa shape index (κ3) is 4.63. The molecule has 1 amide bonds. The maximum Gasteiger partial charge on any atom is 0.297 e. The fraction of sp³-hybridized carbons (Fsp3) is 0.353. The van der Waals surface area contributed by atoms with Crippen molar-refractivity contribution in [2.24, 2.45) is 0 Å². The Morgan fingerprint density at radius 1 is 1.32 bits per heavy atom. The molecule has 118 valence electrons. The van der Waals surface area contributed by atoms with E-state index in [0.29, 0.717) is 24.8 Å². The molecule has 2 aromatic rings. The number of rotatable bonds is 7. The SMILES string of the molecule is Cc1cccc(NC(=O)c2ccoc2OCCNC(C)C)c1. The van der Waals surface area contributed by atoms with Gasteiger partial charge in [0.15, 0.2) is 0 Å². The summed E-state index contributed by atoms with van der Waals surface area (Å²) in [4.78, 5) is 12.3. The lowest BCUT2D eigenvalue weighted by molar-refractivity contribution is 0.101. The van der Waals surface area contributed by atoms with E-state index in [9.17, 15) is 4.79 Å². The highest BCUT2D eigenvalue weighted by atomic mass is 16.6. The van der Waals surface area contributed by atoms with Gasteiger partial charge in [-0.3, -0.25) is 4.79 Å². The maximum absolute atomic E-state index is 12.3. The van der Waals surface area contributed by atoms with Gasteiger partial charge >= 0.3 is 0 Å². The average Bonchev–Trinajstić information content (AvgIpc) is 2.92. The number of aryl methyl sites for hydroxylation is 1. The number of anilines is 1. The Morgan fingerprint density at radius 3 is 2.86 bits per heavy atom. The van der Waals surface area contributed by atoms with Gasteiger partial charge in [-0.05, 0) is 30.7 Å². The molecular formula is C17H22N2O3. The van der Waals surface area contributed by atoms with Crippen LogP contribution in [0.25, 0.3) is 0 Å². The number of benzene rings is 1. The molecule has 2 rings (SSSR count). The van der Waals surface area contributed by atoms with Gasteiger partial charge in [0.1, 0.15) is 12.2 Å². The van der Waals surface area contributed by atoms with Gasteiger partial charge < -0.3 is 19.8 Å². The molecule has 0 aliphatic carbocycles. The van der Waals surface area contributed by atoms with Crippen LogP contribution in [0.3, 0.4) is 0 Å². The van der Waals surface area contributed by atoms with Crippen molar-refractivity contribution in [3.8, 4) is 5.95 Å². The molecule has 5 nitrogen and oxygen atoms in total. The lowest BCUT2D eigenvalue weighted by Crippen LogP contribution is -2.27. The quantitative estimate of drug-likeness (QED) is 0.771. The summed E-state index contributed by atoms with van der Waals surface area (Å²) in [7, 11) is 0. The maximum atomic E-state index is 12.3. The van der Waals surface area contributed by atoms with Gasteiger partial charge in [-0.15, -0.1) is 0 Å². The van der Waals surface area contributed by atoms with Crippen molar-refractivity contribution in [3.63, 3.8) is 0 Å². The molecule has 22 heavy (non-hydrogen) atoms.